The first-order valence-corrected chi connectivity index (χ1v) is 11.5. The summed E-state index contributed by atoms with van der Waals surface area (Å²) < 4.78 is 14.6. The van der Waals surface area contributed by atoms with E-state index in [9.17, 15) is 14.0 Å². The van der Waals surface area contributed by atoms with Gasteiger partial charge in [0.1, 0.15) is 11.6 Å². The van der Waals surface area contributed by atoms with E-state index in [4.69, 9.17) is 5.73 Å². The number of hydrogen-bond acceptors (Lipinski definition) is 5. The van der Waals surface area contributed by atoms with Crippen molar-refractivity contribution in [3.05, 3.63) is 87.7 Å². The lowest BCUT2D eigenvalue weighted by atomic mass is 9.90. The van der Waals surface area contributed by atoms with E-state index in [1.54, 1.807) is 6.92 Å². The number of halogens is 1. The molecule has 8 heteroatoms. The van der Waals surface area contributed by atoms with Gasteiger partial charge in [0.25, 0.3) is 5.56 Å². The molecule has 0 radical (unpaired) electrons. The van der Waals surface area contributed by atoms with Crippen molar-refractivity contribution < 1.29 is 9.18 Å². The van der Waals surface area contributed by atoms with E-state index in [1.165, 1.54) is 11.6 Å². The van der Waals surface area contributed by atoms with E-state index in [0.29, 0.717) is 17.9 Å². The molecule has 3 aromatic carbocycles. The van der Waals surface area contributed by atoms with E-state index in [1.807, 2.05) is 36.1 Å². The number of aryl methyl sites for hydroxylation is 1. The second-order valence-electron chi connectivity index (χ2n) is 8.91. The molecule has 1 aliphatic heterocycles. The van der Waals surface area contributed by atoms with Crippen LogP contribution in [0.2, 0.25) is 0 Å². The highest BCUT2D eigenvalue weighted by molar-refractivity contribution is 5.85. The lowest BCUT2D eigenvalue weighted by molar-refractivity contribution is -0.131. The topological polar surface area (TPSA) is 104 Å². The summed E-state index contributed by atoms with van der Waals surface area (Å²) in [6, 6.07) is 16.6. The maximum Gasteiger partial charge on any atom is 0.258 e. The molecule has 1 unspecified atom stereocenters. The van der Waals surface area contributed by atoms with Gasteiger partial charge in [0.05, 0.1) is 29.2 Å². The zero-order valence-corrected chi connectivity index (χ0v) is 19.6. The maximum atomic E-state index is 14.6. The number of nitrogens with two attached hydrogens (primary N) is 1. The summed E-state index contributed by atoms with van der Waals surface area (Å²) in [5, 5.41) is 3.06. The van der Waals surface area contributed by atoms with Crippen LogP contribution in [0.25, 0.3) is 22.0 Å². The zero-order chi connectivity index (χ0) is 24.7. The lowest BCUT2D eigenvalue weighted by Crippen LogP contribution is -2.41. The number of nitrogens with one attached hydrogen (secondary N) is 2. The molecule has 0 fully saturated rings. The van der Waals surface area contributed by atoms with Gasteiger partial charge in [-0.3, -0.25) is 9.59 Å². The van der Waals surface area contributed by atoms with Crippen LogP contribution in [0.3, 0.4) is 0 Å². The van der Waals surface area contributed by atoms with Crippen LogP contribution in [0.5, 0.6) is 0 Å². The standard InChI is InChI=1S/C27H26FN5O2/c1-15-21-7-6-18(17-4-3-5-20(29)11-17)10-19(21)8-9-33(15)26(34)14-30-25-13-24-22(12-23(25)28)27(35)32-16(2)31-24/h3-7,10-13,15,30H,8-9,14,29H2,1-2H3,(H,31,32,35). The average Bonchev–Trinajstić information content (AvgIpc) is 2.83. The average molecular weight is 472 g/mol. The zero-order valence-electron chi connectivity index (χ0n) is 19.6. The number of carbonyl (C=O) groups is 1. The van der Waals surface area contributed by atoms with Gasteiger partial charge in [0.2, 0.25) is 5.91 Å². The molecular weight excluding hydrogens is 445 g/mol. The predicted molar refractivity (Wildman–Crippen MR) is 136 cm³/mol. The summed E-state index contributed by atoms with van der Waals surface area (Å²) in [7, 11) is 0. The number of nitrogens with zero attached hydrogens (tertiary/aromatic N) is 2. The molecule has 0 aliphatic carbocycles. The third-order valence-corrected chi connectivity index (χ3v) is 6.57. The molecule has 178 valence electrons. The predicted octanol–water partition coefficient (Wildman–Crippen LogP) is 4.18. The van der Waals surface area contributed by atoms with Crippen LogP contribution in [0, 0.1) is 12.7 Å². The molecule has 7 nitrogen and oxygen atoms in total. The Hall–Kier alpha value is -4.20. The molecule has 4 N–H and O–H groups in total. The normalized spacial score (nSPS) is 15.2. The molecule has 2 heterocycles. The Kier molecular flexibility index (Phi) is 5.72. The van der Waals surface area contributed by atoms with Crippen LogP contribution < -0.4 is 16.6 Å². The number of amides is 1. The summed E-state index contributed by atoms with van der Waals surface area (Å²) in [4.78, 5) is 33.7. The van der Waals surface area contributed by atoms with Gasteiger partial charge in [-0.25, -0.2) is 9.37 Å². The van der Waals surface area contributed by atoms with Crippen molar-refractivity contribution in [2.75, 3.05) is 24.1 Å². The number of hydrogen-bond donors (Lipinski definition) is 3. The van der Waals surface area contributed by atoms with Gasteiger partial charge in [0.15, 0.2) is 0 Å². The van der Waals surface area contributed by atoms with Crippen molar-refractivity contribution in [1.29, 1.82) is 0 Å². The number of benzene rings is 3. The fourth-order valence-electron chi connectivity index (χ4n) is 4.76. The van der Waals surface area contributed by atoms with Crippen molar-refractivity contribution in [2.24, 2.45) is 0 Å². The Bertz CT molecular complexity index is 1510. The van der Waals surface area contributed by atoms with Crippen LogP contribution >= 0.6 is 0 Å². The van der Waals surface area contributed by atoms with Crippen molar-refractivity contribution in [3.8, 4) is 11.1 Å². The molecule has 0 saturated carbocycles. The van der Waals surface area contributed by atoms with Gasteiger partial charge in [-0.1, -0.05) is 30.3 Å². The van der Waals surface area contributed by atoms with Gasteiger partial charge in [-0.05, 0) is 66.8 Å². The third-order valence-electron chi connectivity index (χ3n) is 6.57. The fraction of sp³-hybridized carbons (Fsp3) is 0.222. The molecule has 4 aromatic rings. The highest BCUT2D eigenvalue weighted by Gasteiger charge is 2.27. The number of rotatable bonds is 4. The minimum absolute atomic E-state index is 0.0638. The number of anilines is 2. The summed E-state index contributed by atoms with van der Waals surface area (Å²) in [5.41, 5.74) is 11.2. The SMILES string of the molecule is Cc1nc2cc(NCC(=O)N3CCc4cc(-c5cccc(N)c5)ccc4C3C)c(F)cc2c(=O)[nH]1. The van der Waals surface area contributed by atoms with E-state index in [2.05, 4.69) is 33.5 Å². The number of H-pyrrole nitrogens is 1. The summed E-state index contributed by atoms with van der Waals surface area (Å²) in [6.45, 7) is 4.18. The van der Waals surface area contributed by atoms with E-state index in [0.717, 1.165) is 34.9 Å². The van der Waals surface area contributed by atoms with Crippen molar-refractivity contribution in [3.63, 3.8) is 0 Å². The van der Waals surface area contributed by atoms with Crippen molar-refractivity contribution in [2.45, 2.75) is 26.3 Å². The first-order valence-electron chi connectivity index (χ1n) is 11.5. The number of aromatic amines is 1. The van der Waals surface area contributed by atoms with Gasteiger partial charge in [-0.15, -0.1) is 0 Å². The summed E-state index contributed by atoms with van der Waals surface area (Å²) in [6.07, 6.45) is 0.734. The molecule has 35 heavy (non-hydrogen) atoms. The van der Waals surface area contributed by atoms with Crippen LogP contribution in [-0.4, -0.2) is 33.9 Å². The molecule has 5 rings (SSSR count). The van der Waals surface area contributed by atoms with Crippen molar-refractivity contribution in [1.82, 2.24) is 14.9 Å². The first kappa shape index (κ1) is 22.6. The van der Waals surface area contributed by atoms with Crippen LogP contribution in [0.1, 0.15) is 29.9 Å². The summed E-state index contributed by atoms with van der Waals surface area (Å²) in [5.74, 6) is -0.291. The summed E-state index contributed by atoms with van der Waals surface area (Å²) >= 11 is 0. The molecule has 1 atom stereocenters. The second-order valence-corrected chi connectivity index (χ2v) is 8.91. The molecule has 0 saturated heterocycles. The maximum absolute atomic E-state index is 14.6. The third kappa shape index (κ3) is 4.35. The largest absolute Gasteiger partial charge is 0.399 e. The second kappa shape index (κ2) is 8.87. The Labute approximate surface area is 201 Å². The van der Waals surface area contributed by atoms with E-state index >= 15 is 0 Å². The molecule has 0 bridgehead atoms. The smallest absolute Gasteiger partial charge is 0.258 e. The number of aromatic nitrogens is 2. The molecule has 1 amide bonds. The Morgan fingerprint density at radius 2 is 2.00 bits per heavy atom. The van der Waals surface area contributed by atoms with Gasteiger partial charge < -0.3 is 20.9 Å². The highest BCUT2D eigenvalue weighted by Crippen LogP contribution is 2.33. The Morgan fingerprint density at radius 1 is 1.20 bits per heavy atom. The number of fused-ring (bicyclic) bond motifs is 2. The van der Waals surface area contributed by atoms with Gasteiger partial charge >= 0.3 is 0 Å². The Morgan fingerprint density at radius 3 is 2.80 bits per heavy atom. The van der Waals surface area contributed by atoms with Gasteiger partial charge in [-0.2, -0.15) is 0 Å². The molecular formula is C27H26FN5O2. The lowest BCUT2D eigenvalue weighted by Gasteiger charge is -2.35. The quantitative estimate of drug-likeness (QED) is 0.388. The van der Waals surface area contributed by atoms with Crippen LogP contribution in [0.15, 0.2) is 59.4 Å². The highest BCUT2D eigenvalue weighted by atomic mass is 19.1. The van der Waals surface area contributed by atoms with Crippen LogP contribution in [-0.2, 0) is 11.2 Å². The van der Waals surface area contributed by atoms with Crippen LogP contribution in [0.4, 0.5) is 15.8 Å². The molecule has 1 aliphatic rings. The van der Waals surface area contributed by atoms with E-state index in [-0.39, 0.29) is 29.6 Å². The molecule has 0 spiro atoms. The fourth-order valence-corrected chi connectivity index (χ4v) is 4.76. The minimum Gasteiger partial charge on any atom is -0.399 e. The van der Waals surface area contributed by atoms with E-state index < -0.39 is 11.4 Å². The molecule has 1 aromatic heterocycles. The van der Waals surface area contributed by atoms with Crippen molar-refractivity contribution >= 4 is 28.2 Å². The number of carbonyl (C=O) groups excluding carboxylic acids is 1. The van der Waals surface area contributed by atoms with Gasteiger partial charge in [0, 0.05) is 12.2 Å². The number of nitrogen functional groups attached to an aromatic ring is 1. The minimum atomic E-state index is -0.604. The Balaban J connectivity index is 1.32. The first-order chi connectivity index (χ1) is 16.8. The monoisotopic (exact) mass is 471 g/mol.